The Morgan fingerprint density at radius 1 is 1.47 bits per heavy atom. The van der Waals surface area contributed by atoms with Crippen molar-refractivity contribution in [3.8, 4) is 0 Å². The van der Waals surface area contributed by atoms with E-state index in [1.165, 1.54) is 5.56 Å². The number of aryl methyl sites for hydroxylation is 1. The summed E-state index contributed by atoms with van der Waals surface area (Å²) in [6, 6.07) is 2.13. The van der Waals surface area contributed by atoms with E-state index in [1.807, 2.05) is 24.9 Å². The summed E-state index contributed by atoms with van der Waals surface area (Å²) in [5, 5.41) is 0. The second-order valence-corrected chi connectivity index (χ2v) is 4.91. The van der Waals surface area contributed by atoms with Crippen LogP contribution >= 0.6 is 0 Å². The molecule has 2 rings (SSSR count). The third kappa shape index (κ3) is 1.71. The molecule has 0 fully saturated rings. The number of allylic oxidation sites excluding steroid dienone is 1. The Morgan fingerprint density at radius 2 is 2.12 bits per heavy atom. The van der Waals surface area contributed by atoms with Gasteiger partial charge in [-0.15, -0.1) is 0 Å². The van der Waals surface area contributed by atoms with Gasteiger partial charge in [-0.2, -0.15) is 0 Å². The summed E-state index contributed by atoms with van der Waals surface area (Å²) in [4.78, 5) is 4.42. The topological polar surface area (TPSA) is 43.8 Å². The minimum Gasteiger partial charge on any atom is -0.398 e. The van der Waals surface area contributed by atoms with Crippen molar-refractivity contribution in [2.75, 3.05) is 5.73 Å². The molecule has 0 saturated carbocycles. The number of hydrogen-bond acceptors (Lipinski definition) is 2. The number of nitrogens with two attached hydrogens (primary N) is 1. The zero-order valence-corrected chi connectivity index (χ0v) is 10.9. The zero-order valence-electron chi connectivity index (χ0n) is 10.9. The molecule has 0 aliphatic rings. The van der Waals surface area contributed by atoms with E-state index in [1.54, 1.807) is 0 Å². The van der Waals surface area contributed by atoms with Gasteiger partial charge >= 0.3 is 0 Å². The van der Waals surface area contributed by atoms with Crippen LogP contribution in [-0.2, 0) is 7.05 Å². The van der Waals surface area contributed by atoms with Gasteiger partial charge in [0, 0.05) is 18.3 Å². The third-order valence-electron chi connectivity index (χ3n) is 3.14. The van der Waals surface area contributed by atoms with Crippen LogP contribution in [0.25, 0.3) is 16.6 Å². The monoisotopic (exact) mass is 229 g/mol. The van der Waals surface area contributed by atoms with Gasteiger partial charge in [0.15, 0.2) is 0 Å². The Kier molecular flexibility index (Phi) is 2.69. The number of rotatable bonds is 2. The van der Waals surface area contributed by atoms with Gasteiger partial charge in [0.2, 0.25) is 0 Å². The molecule has 0 aliphatic carbocycles. The van der Waals surface area contributed by atoms with Crippen LogP contribution in [0.4, 0.5) is 5.69 Å². The predicted molar refractivity (Wildman–Crippen MR) is 73.9 cm³/mol. The third-order valence-corrected chi connectivity index (χ3v) is 3.14. The summed E-state index contributed by atoms with van der Waals surface area (Å²) >= 11 is 0. The van der Waals surface area contributed by atoms with Gasteiger partial charge < -0.3 is 10.3 Å². The maximum absolute atomic E-state index is 6.25. The fourth-order valence-electron chi connectivity index (χ4n) is 2.21. The van der Waals surface area contributed by atoms with Crippen LogP contribution in [0.2, 0.25) is 0 Å². The molecular weight excluding hydrogens is 210 g/mol. The van der Waals surface area contributed by atoms with Crippen molar-refractivity contribution in [3.63, 3.8) is 0 Å². The Balaban J connectivity index is 2.92. The highest BCUT2D eigenvalue weighted by molar-refractivity contribution is 5.95. The van der Waals surface area contributed by atoms with Gasteiger partial charge in [-0.25, -0.2) is 4.98 Å². The lowest BCUT2D eigenvalue weighted by atomic mass is 9.94. The molecule has 0 amide bonds. The quantitative estimate of drug-likeness (QED) is 0.803. The van der Waals surface area contributed by atoms with Crippen molar-refractivity contribution in [2.45, 2.75) is 26.7 Å². The van der Waals surface area contributed by atoms with E-state index in [9.17, 15) is 0 Å². The van der Waals surface area contributed by atoms with Gasteiger partial charge in [0.05, 0.1) is 17.4 Å². The first-order valence-corrected chi connectivity index (χ1v) is 5.82. The molecular formula is C14H19N3. The van der Waals surface area contributed by atoms with Crippen LogP contribution in [0, 0.1) is 0 Å². The van der Waals surface area contributed by atoms with Gasteiger partial charge in [0.1, 0.15) is 0 Å². The van der Waals surface area contributed by atoms with Crippen molar-refractivity contribution < 1.29 is 0 Å². The first-order valence-electron chi connectivity index (χ1n) is 5.82. The van der Waals surface area contributed by atoms with E-state index in [2.05, 4.69) is 31.5 Å². The molecule has 1 aromatic heterocycles. The smallest absolute Gasteiger partial charge is 0.0980 e. The highest BCUT2D eigenvalue weighted by Gasteiger charge is 2.16. The molecule has 90 valence electrons. The van der Waals surface area contributed by atoms with Crippen molar-refractivity contribution >= 4 is 22.3 Å². The zero-order chi connectivity index (χ0) is 12.7. The Hall–Kier alpha value is -1.77. The fraction of sp³-hybridized carbons (Fsp3) is 0.357. The van der Waals surface area contributed by atoms with E-state index in [4.69, 9.17) is 5.73 Å². The number of aromatic nitrogens is 2. The van der Waals surface area contributed by atoms with E-state index in [0.29, 0.717) is 5.92 Å². The van der Waals surface area contributed by atoms with Crippen LogP contribution < -0.4 is 5.73 Å². The minimum atomic E-state index is 0.396. The molecule has 2 N–H and O–H groups in total. The molecule has 0 aliphatic heterocycles. The molecule has 0 radical (unpaired) electrons. The van der Waals surface area contributed by atoms with E-state index in [0.717, 1.165) is 27.9 Å². The minimum absolute atomic E-state index is 0.396. The standard InChI is InChI=1S/C14H19N3/c1-8(2)10-6-11-14(16-7-17(11)5)12(9(3)4)13(10)15/h6-8H,3,15H2,1-2,4-5H3. The maximum atomic E-state index is 6.25. The van der Waals surface area contributed by atoms with Crippen LogP contribution in [0.3, 0.4) is 0 Å². The van der Waals surface area contributed by atoms with Crippen LogP contribution in [0.15, 0.2) is 19.0 Å². The second-order valence-electron chi connectivity index (χ2n) is 4.91. The summed E-state index contributed by atoms with van der Waals surface area (Å²) in [7, 11) is 2.00. The number of fused-ring (bicyclic) bond motifs is 1. The van der Waals surface area contributed by atoms with E-state index < -0.39 is 0 Å². The lowest BCUT2D eigenvalue weighted by Gasteiger charge is -2.15. The molecule has 1 heterocycles. The Labute approximate surface area is 102 Å². The first-order chi connectivity index (χ1) is 7.93. The molecule has 17 heavy (non-hydrogen) atoms. The predicted octanol–water partition coefficient (Wildman–Crippen LogP) is 3.31. The van der Waals surface area contributed by atoms with Gasteiger partial charge in [-0.05, 0) is 30.0 Å². The SMILES string of the molecule is C=C(C)c1c(N)c(C(C)C)cc2c1ncn2C. The summed E-state index contributed by atoms with van der Waals surface area (Å²) in [5.41, 5.74) is 12.3. The number of benzene rings is 1. The van der Waals surface area contributed by atoms with Gasteiger partial charge in [0.25, 0.3) is 0 Å². The van der Waals surface area contributed by atoms with E-state index in [-0.39, 0.29) is 0 Å². The normalized spacial score (nSPS) is 11.4. The summed E-state index contributed by atoms with van der Waals surface area (Å²) in [6.07, 6.45) is 1.82. The lowest BCUT2D eigenvalue weighted by Crippen LogP contribution is -2.02. The second kappa shape index (κ2) is 3.91. The molecule has 0 atom stereocenters. The number of nitrogen functional groups attached to an aromatic ring is 1. The highest BCUT2D eigenvalue weighted by Crippen LogP contribution is 2.34. The fourth-order valence-corrected chi connectivity index (χ4v) is 2.21. The first kappa shape index (κ1) is 11.7. The molecule has 3 heteroatoms. The number of anilines is 1. The molecule has 0 unspecified atom stereocenters. The van der Waals surface area contributed by atoms with Crippen LogP contribution in [0.5, 0.6) is 0 Å². The lowest BCUT2D eigenvalue weighted by molar-refractivity contribution is 0.868. The largest absolute Gasteiger partial charge is 0.398 e. The summed E-state index contributed by atoms with van der Waals surface area (Å²) < 4.78 is 2.02. The molecule has 0 saturated heterocycles. The summed E-state index contributed by atoms with van der Waals surface area (Å²) in [6.45, 7) is 10.3. The average Bonchev–Trinajstić information content (AvgIpc) is 2.58. The average molecular weight is 229 g/mol. The number of imidazole rings is 1. The molecule has 0 spiro atoms. The molecule has 2 aromatic rings. The number of nitrogens with zero attached hydrogens (tertiary/aromatic N) is 2. The van der Waals surface area contributed by atoms with Crippen LogP contribution in [0.1, 0.15) is 37.8 Å². The van der Waals surface area contributed by atoms with Crippen molar-refractivity contribution in [2.24, 2.45) is 7.05 Å². The van der Waals surface area contributed by atoms with Gasteiger partial charge in [-0.3, -0.25) is 0 Å². The van der Waals surface area contributed by atoms with Crippen molar-refractivity contribution in [3.05, 3.63) is 30.1 Å². The molecule has 1 aromatic carbocycles. The Morgan fingerprint density at radius 3 is 2.65 bits per heavy atom. The van der Waals surface area contributed by atoms with Crippen molar-refractivity contribution in [1.82, 2.24) is 9.55 Å². The Bertz CT molecular complexity index is 591. The van der Waals surface area contributed by atoms with Gasteiger partial charge in [-0.1, -0.05) is 20.4 Å². The number of hydrogen-bond donors (Lipinski definition) is 1. The molecule has 0 bridgehead atoms. The van der Waals surface area contributed by atoms with E-state index >= 15 is 0 Å². The van der Waals surface area contributed by atoms with Crippen LogP contribution in [-0.4, -0.2) is 9.55 Å². The van der Waals surface area contributed by atoms with Crippen molar-refractivity contribution in [1.29, 1.82) is 0 Å². The maximum Gasteiger partial charge on any atom is 0.0980 e. The highest BCUT2D eigenvalue weighted by atomic mass is 15.0. The molecule has 3 nitrogen and oxygen atoms in total. The summed E-state index contributed by atoms with van der Waals surface area (Å²) in [5.74, 6) is 0.396.